The quantitative estimate of drug-likeness (QED) is 0.891. The molecule has 0 amide bonds. The average Bonchev–Trinajstić information content (AvgIpc) is 2.79. The molecule has 1 aliphatic rings. The van der Waals surface area contributed by atoms with Gasteiger partial charge in [0.2, 0.25) is 0 Å². The fourth-order valence-electron chi connectivity index (χ4n) is 2.59. The highest BCUT2D eigenvalue weighted by Crippen LogP contribution is 2.25. The Morgan fingerprint density at radius 1 is 1.47 bits per heavy atom. The smallest absolute Gasteiger partial charge is 0.129 e. The third-order valence-electron chi connectivity index (χ3n) is 3.68. The van der Waals surface area contributed by atoms with Crippen LogP contribution < -0.4 is 5.32 Å². The third kappa shape index (κ3) is 3.91. The Bertz CT molecular complexity index is 402. The van der Waals surface area contributed by atoms with Crippen LogP contribution in [0.25, 0.3) is 0 Å². The number of benzene rings is 1. The molecule has 0 spiro atoms. The van der Waals surface area contributed by atoms with Crippen LogP contribution >= 0.6 is 11.6 Å². The van der Waals surface area contributed by atoms with Gasteiger partial charge in [0, 0.05) is 35.8 Å². The molecule has 1 aromatic carbocycles. The summed E-state index contributed by atoms with van der Waals surface area (Å²) in [5.41, 5.74) is 0.626. The Morgan fingerprint density at radius 3 is 2.95 bits per heavy atom. The van der Waals surface area contributed by atoms with Gasteiger partial charge in [-0.15, -0.1) is 0 Å². The molecular formula is C15H22ClFN2. The number of nitrogens with zero attached hydrogens (tertiary/aromatic N) is 1. The van der Waals surface area contributed by atoms with Gasteiger partial charge >= 0.3 is 0 Å². The second kappa shape index (κ2) is 6.69. The highest BCUT2D eigenvalue weighted by atomic mass is 35.5. The first-order chi connectivity index (χ1) is 9.08. The predicted molar refractivity (Wildman–Crippen MR) is 78.0 cm³/mol. The van der Waals surface area contributed by atoms with Gasteiger partial charge < -0.3 is 5.32 Å². The van der Waals surface area contributed by atoms with Gasteiger partial charge in [-0.3, -0.25) is 4.90 Å². The van der Waals surface area contributed by atoms with Crippen LogP contribution in [0.4, 0.5) is 4.39 Å². The van der Waals surface area contributed by atoms with Crippen LogP contribution in [0.1, 0.15) is 32.3 Å². The SMILES string of the molecule is CC(C)NCC1CCCN1Cc1c(F)cccc1Cl. The van der Waals surface area contributed by atoms with E-state index in [0.29, 0.717) is 29.2 Å². The average molecular weight is 285 g/mol. The van der Waals surface area contributed by atoms with E-state index in [1.165, 1.54) is 18.9 Å². The van der Waals surface area contributed by atoms with Crippen LogP contribution in [0.3, 0.4) is 0 Å². The van der Waals surface area contributed by atoms with Crippen molar-refractivity contribution in [2.45, 2.75) is 45.3 Å². The molecule has 1 fully saturated rings. The zero-order chi connectivity index (χ0) is 13.8. The molecule has 1 saturated heterocycles. The van der Waals surface area contributed by atoms with E-state index >= 15 is 0 Å². The van der Waals surface area contributed by atoms with Gasteiger partial charge in [-0.25, -0.2) is 4.39 Å². The molecule has 0 saturated carbocycles. The molecule has 1 unspecified atom stereocenters. The van der Waals surface area contributed by atoms with E-state index < -0.39 is 0 Å². The molecule has 1 aliphatic heterocycles. The summed E-state index contributed by atoms with van der Waals surface area (Å²) in [6, 6.07) is 5.87. The Balaban J connectivity index is 2.01. The fourth-order valence-corrected chi connectivity index (χ4v) is 2.82. The zero-order valence-electron chi connectivity index (χ0n) is 11.6. The van der Waals surface area contributed by atoms with Crippen molar-refractivity contribution in [3.8, 4) is 0 Å². The van der Waals surface area contributed by atoms with Gasteiger partial charge in [-0.2, -0.15) is 0 Å². The van der Waals surface area contributed by atoms with Crippen LogP contribution in [0.15, 0.2) is 18.2 Å². The minimum absolute atomic E-state index is 0.199. The normalized spacial score (nSPS) is 20.4. The van der Waals surface area contributed by atoms with Gasteiger partial charge in [0.1, 0.15) is 5.82 Å². The van der Waals surface area contributed by atoms with E-state index in [1.54, 1.807) is 12.1 Å². The van der Waals surface area contributed by atoms with Crippen molar-refractivity contribution < 1.29 is 4.39 Å². The molecule has 0 aromatic heterocycles. The monoisotopic (exact) mass is 284 g/mol. The molecule has 2 nitrogen and oxygen atoms in total. The van der Waals surface area contributed by atoms with Crippen molar-refractivity contribution in [3.63, 3.8) is 0 Å². The highest BCUT2D eigenvalue weighted by Gasteiger charge is 2.25. The topological polar surface area (TPSA) is 15.3 Å². The fraction of sp³-hybridized carbons (Fsp3) is 0.600. The zero-order valence-corrected chi connectivity index (χ0v) is 12.4. The Hall–Kier alpha value is -0.640. The van der Waals surface area contributed by atoms with Gasteiger partial charge in [0.15, 0.2) is 0 Å². The summed E-state index contributed by atoms with van der Waals surface area (Å²) in [7, 11) is 0. The number of nitrogens with one attached hydrogen (secondary N) is 1. The van der Waals surface area contributed by atoms with E-state index in [9.17, 15) is 4.39 Å². The van der Waals surface area contributed by atoms with Crippen molar-refractivity contribution in [1.29, 1.82) is 0 Å². The Labute approximate surface area is 119 Å². The molecule has 1 heterocycles. The molecule has 0 radical (unpaired) electrons. The van der Waals surface area contributed by atoms with Gasteiger partial charge in [-0.05, 0) is 31.5 Å². The van der Waals surface area contributed by atoms with E-state index in [4.69, 9.17) is 11.6 Å². The van der Waals surface area contributed by atoms with Crippen molar-refractivity contribution in [2.24, 2.45) is 0 Å². The van der Waals surface area contributed by atoms with E-state index in [1.807, 2.05) is 0 Å². The Morgan fingerprint density at radius 2 is 2.26 bits per heavy atom. The molecule has 106 valence electrons. The third-order valence-corrected chi connectivity index (χ3v) is 4.04. The van der Waals surface area contributed by atoms with Crippen molar-refractivity contribution in [3.05, 3.63) is 34.6 Å². The van der Waals surface area contributed by atoms with E-state index in [-0.39, 0.29) is 5.82 Å². The van der Waals surface area contributed by atoms with Crippen molar-refractivity contribution >= 4 is 11.6 Å². The summed E-state index contributed by atoms with van der Waals surface area (Å²) in [4.78, 5) is 2.33. The number of likely N-dealkylation sites (tertiary alicyclic amines) is 1. The lowest BCUT2D eigenvalue weighted by Crippen LogP contribution is -2.40. The number of rotatable bonds is 5. The van der Waals surface area contributed by atoms with Crippen LogP contribution in [0, 0.1) is 5.82 Å². The largest absolute Gasteiger partial charge is 0.313 e. The Kier molecular flexibility index (Phi) is 5.20. The molecule has 1 aromatic rings. The van der Waals surface area contributed by atoms with Gasteiger partial charge in [-0.1, -0.05) is 31.5 Å². The summed E-state index contributed by atoms with van der Waals surface area (Å²) in [5.74, 6) is -0.199. The summed E-state index contributed by atoms with van der Waals surface area (Å²) < 4.78 is 13.8. The highest BCUT2D eigenvalue weighted by molar-refractivity contribution is 6.31. The summed E-state index contributed by atoms with van der Waals surface area (Å²) in [5, 5.41) is 3.99. The lowest BCUT2D eigenvalue weighted by atomic mass is 10.1. The molecule has 2 rings (SSSR count). The van der Waals surface area contributed by atoms with E-state index in [0.717, 1.165) is 13.1 Å². The minimum Gasteiger partial charge on any atom is -0.313 e. The second-order valence-corrected chi connectivity index (χ2v) is 5.94. The van der Waals surface area contributed by atoms with Crippen LogP contribution in [-0.4, -0.2) is 30.1 Å². The standard InChI is InChI=1S/C15H22ClFN2/c1-11(2)18-9-12-5-4-8-19(12)10-13-14(16)6-3-7-15(13)17/h3,6-7,11-12,18H,4-5,8-10H2,1-2H3. The molecule has 4 heteroatoms. The minimum atomic E-state index is -0.199. The molecule has 0 bridgehead atoms. The number of hydrogen-bond acceptors (Lipinski definition) is 2. The molecule has 1 N–H and O–H groups in total. The first-order valence-corrected chi connectivity index (χ1v) is 7.36. The lowest BCUT2D eigenvalue weighted by Gasteiger charge is -2.26. The summed E-state index contributed by atoms with van der Waals surface area (Å²) >= 11 is 6.10. The first-order valence-electron chi connectivity index (χ1n) is 6.98. The lowest BCUT2D eigenvalue weighted by molar-refractivity contribution is 0.233. The van der Waals surface area contributed by atoms with Crippen molar-refractivity contribution in [1.82, 2.24) is 10.2 Å². The maximum absolute atomic E-state index is 13.8. The summed E-state index contributed by atoms with van der Waals surface area (Å²) in [6.07, 6.45) is 2.35. The van der Waals surface area contributed by atoms with Gasteiger partial charge in [0.05, 0.1) is 0 Å². The van der Waals surface area contributed by atoms with Crippen LogP contribution in [-0.2, 0) is 6.54 Å². The first kappa shape index (κ1) is 14.8. The molecule has 19 heavy (non-hydrogen) atoms. The van der Waals surface area contributed by atoms with Crippen LogP contribution in [0.2, 0.25) is 5.02 Å². The predicted octanol–water partition coefficient (Wildman–Crippen LogP) is 3.44. The second-order valence-electron chi connectivity index (χ2n) is 5.53. The van der Waals surface area contributed by atoms with Gasteiger partial charge in [0.25, 0.3) is 0 Å². The summed E-state index contributed by atoms with van der Waals surface area (Å²) in [6.45, 7) is 6.88. The van der Waals surface area contributed by atoms with Crippen LogP contribution in [0.5, 0.6) is 0 Å². The van der Waals surface area contributed by atoms with Crippen molar-refractivity contribution in [2.75, 3.05) is 13.1 Å². The molecular weight excluding hydrogens is 263 g/mol. The molecule has 0 aliphatic carbocycles. The maximum Gasteiger partial charge on any atom is 0.129 e. The number of hydrogen-bond donors (Lipinski definition) is 1. The maximum atomic E-state index is 13.8. The number of halogens is 2. The van der Waals surface area contributed by atoms with E-state index in [2.05, 4.69) is 24.1 Å². The molecule has 1 atom stereocenters.